The Hall–Kier alpha value is -1.43. The smallest absolute Gasteiger partial charge is 0.293 e. The van der Waals surface area contributed by atoms with Gasteiger partial charge in [-0.05, 0) is 7.05 Å². The number of rotatable bonds is 3. The second kappa shape index (κ2) is 4.39. The molecule has 1 heterocycles. The Balaban J connectivity index is 2.72. The van der Waals surface area contributed by atoms with Crippen LogP contribution in [-0.2, 0) is 5.41 Å². The summed E-state index contributed by atoms with van der Waals surface area (Å²) in [5, 5.41) is 8.98. The fourth-order valence-electron chi connectivity index (χ4n) is 0.868. The molecule has 0 aliphatic rings. The maximum atomic E-state index is 11.4. The predicted octanol–water partition coefficient (Wildman–Crippen LogP) is 0.274. The van der Waals surface area contributed by atoms with Crippen LogP contribution in [0.5, 0.6) is 0 Å². The summed E-state index contributed by atoms with van der Waals surface area (Å²) in [5.41, 5.74) is -0.242. The third kappa shape index (κ3) is 3.02. The van der Waals surface area contributed by atoms with Gasteiger partial charge in [-0.2, -0.15) is 4.98 Å². The zero-order valence-electron chi connectivity index (χ0n) is 9.42. The van der Waals surface area contributed by atoms with Crippen molar-refractivity contribution in [1.29, 1.82) is 0 Å². The molecular weight excluding hydrogens is 196 g/mol. The molecule has 0 fully saturated rings. The van der Waals surface area contributed by atoms with Crippen LogP contribution in [0.2, 0.25) is 0 Å². The van der Waals surface area contributed by atoms with E-state index < -0.39 is 0 Å². The first kappa shape index (κ1) is 11.6. The van der Waals surface area contributed by atoms with Crippen molar-refractivity contribution in [2.45, 2.75) is 26.2 Å². The van der Waals surface area contributed by atoms with Crippen molar-refractivity contribution in [2.75, 3.05) is 13.7 Å². The molecule has 1 rings (SSSR count). The van der Waals surface area contributed by atoms with Crippen molar-refractivity contribution in [3.8, 4) is 0 Å². The number of hydrogen-bond acceptors (Lipinski definition) is 5. The molecular formula is C9H16N4O2. The van der Waals surface area contributed by atoms with Gasteiger partial charge in [-0.25, -0.2) is 0 Å². The SMILES string of the molecule is CNCNC(=O)c1noc(C(C)(C)C)n1. The standard InChI is InChI=1S/C9H16N4O2/c1-9(2,3)8-12-6(13-15-8)7(14)11-5-10-4/h10H,5H2,1-4H3,(H,11,14). The van der Waals surface area contributed by atoms with E-state index in [9.17, 15) is 4.79 Å². The van der Waals surface area contributed by atoms with Gasteiger partial charge in [-0.3, -0.25) is 4.79 Å². The molecule has 0 atom stereocenters. The molecule has 0 bridgehead atoms. The number of amides is 1. The van der Waals surface area contributed by atoms with E-state index >= 15 is 0 Å². The van der Waals surface area contributed by atoms with Gasteiger partial charge in [0.1, 0.15) is 0 Å². The number of nitrogens with zero attached hydrogens (tertiary/aromatic N) is 2. The minimum atomic E-state index is -0.344. The number of hydrogen-bond donors (Lipinski definition) is 2. The maximum Gasteiger partial charge on any atom is 0.293 e. The van der Waals surface area contributed by atoms with Gasteiger partial charge >= 0.3 is 0 Å². The molecule has 1 aromatic rings. The van der Waals surface area contributed by atoms with Gasteiger partial charge in [-0.15, -0.1) is 0 Å². The topological polar surface area (TPSA) is 80.0 Å². The Morgan fingerprint density at radius 3 is 2.60 bits per heavy atom. The lowest BCUT2D eigenvalue weighted by molar-refractivity contribution is 0.0938. The quantitative estimate of drug-likeness (QED) is 0.703. The summed E-state index contributed by atoms with van der Waals surface area (Å²) in [4.78, 5) is 15.4. The molecule has 6 heteroatoms. The molecule has 84 valence electrons. The Morgan fingerprint density at radius 2 is 2.13 bits per heavy atom. The minimum Gasteiger partial charge on any atom is -0.338 e. The zero-order valence-corrected chi connectivity index (χ0v) is 9.42. The maximum absolute atomic E-state index is 11.4. The summed E-state index contributed by atoms with van der Waals surface area (Å²) in [6.07, 6.45) is 0. The summed E-state index contributed by atoms with van der Waals surface area (Å²) >= 11 is 0. The second-order valence-electron chi connectivity index (χ2n) is 4.21. The van der Waals surface area contributed by atoms with Crippen molar-refractivity contribution >= 4 is 5.91 Å². The molecule has 0 saturated carbocycles. The van der Waals surface area contributed by atoms with E-state index in [0.717, 1.165) is 0 Å². The molecule has 0 aromatic carbocycles. The fourth-order valence-corrected chi connectivity index (χ4v) is 0.868. The summed E-state index contributed by atoms with van der Waals surface area (Å²) in [5.74, 6) is 0.177. The third-order valence-electron chi connectivity index (χ3n) is 1.70. The Bertz CT molecular complexity index is 340. The van der Waals surface area contributed by atoms with Crippen LogP contribution in [0.1, 0.15) is 37.3 Å². The van der Waals surface area contributed by atoms with E-state index in [-0.39, 0.29) is 17.1 Å². The van der Waals surface area contributed by atoms with Crippen LogP contribution < -0.4 is 10.6 Å². The first-order valence-electron chi connectivity index (χ1n) is 4.72. The van der Waals surface area contributed by atoms with Gasteiger partial charge < -0.3 is 15.2 Å². The van der Waals surface area contributed by atoms with E-state index in [1.165, 1.54) is 0 Å². The molecule has 0 unspecified atom stereocenters. The van der Waals surface area contributed by atoms with Crippen molar-refractivity contribution < 1.29 is 9.32 Å². The lowest BCUT2D eigenvalue weighted by atomic mass is 9.97. The highest BCUT2D eigenvalue weighted by molar-refractivity contribution is 5.90. The predicted molar refractivity (Wildman–Crippen MR) is 54.4 cm³/mol. The van der Waals surface area contributed by atoms with Gasteiger partial charge in [-0.1, -0.05) is 25.9 Å². The Kier molecular flexibility index (Phi) is 3.41. The van der Waals surface area contributed by atoms with E-state index in [0.29, 0.717) is 12.6 Å². The molecule has 0 spiro atoms. The van der Waals surface area contributed by atoms with Gasteiger partial charge in [0, 0.05) is 5.41 Å². The lowest BCUT2D eigenvalue weighted by Gasteiger charge is -2.10. The van der Waals surface area contributed by atoms with Crippen LogP contribution in [0.25, 0.3) is 0 Å². The highest BCUT2D eigenvalue weighted by Crippen LogP contribution is 2.19. The normalized spacial score (nSPS) is 11.5. The average molecular weight is 212 g/mol. The van der Waals surface area contributed by atoms with Crippen LogP contribution in [0.3, 0.4) is 0 Å². The number of nitrogens with one attached hydrogen (secondary N) is 2. The molecule has 0 aliphatic carbocycles. The molecule has 1 aromatic heterocycles. The average Bonchev–Trinajstić information content (AvgIpc) is 2.62. The lowest BCUT2D eigenvalue weighted by Crippen LogP contribution is -2.32. The second-order valence-corrected chi connectivity index (χ2v) is 4.21. The molecule has 0 radical (unpaired) electrons. The first-order chi connectivity index (χ1) is 6.95. The summed E-state index contributed by atoms with van der Waals surface area (Å²) in [6.45, 7) is 6.19. The van der Waals surface area contributed by atoms with Gasteiger partial charge in [0.15, 0.2) is 0 Å². The molecule has 2 N–H and O–H groups in total. The monoisotopic (exact) mass is 212 g/mol. The van der Waals surface area contributed by atoms with Crippen LogP contribution in [-0.4, -0.2) is 29.8 Å². The van der Waals surface area contributed by atoms with Crippen LogP contribution >= 0.6 is 0 Å². The fraction of sp³-hybridized carbons (Fsp3) is 0.667. The highest BCUT2D eigenvalue weighted by Gasteiger charge is 2.23. The first-order valence-corrected chi connectivity index (χ1v) is 4.72. The van der Waals surface area contributed by atoms with E-state index in [4.69, 9.17) is 4.52 Å². The van der Waals surface area contributed by atoms with Gasteiger partial charge in [0.2, 0.25) is 5.89 Å². The highest BCUT2D eigenvalue weighted by atomic mass is 16.5. The van der Waals surface area contributed by atoms with Crippen LogP contribution in [0.15, 0.2) is 4.52 Å². The number of carbonyl (C=O) groups excluding carboxylic acids is 1. The summed E-state index contributed by atoms with van der Waals surface area (Å²) in [7, 11) is 1.73. The van der Waals surface area contributed by atoms with Gasteiger partial charge in [0.05, 0.1) is 6.67 Å². The van der Waals surface area contributed by atoms with E-state index in [1.54, 1.807) is 7.05 Å². The molecule has 15 heavy (non-hydrogen) atoms. The molecule has 1 amide bonds. The van der Waals surface area contributed by atoms with Gasteiger partial charge in [0.25, 0.3) is 11.7 Å². The summed E-state index contributed by atoms with van der Waals surface area (Å²) in [6, 6.07) is 0. The van der Waals surface area contributed by atoms with E-state index in [1.807, 2.05) is 20.8 Å². The molecule has 6 nitrogen and oxygen atoms in total. The largest absolute Gasteiger partial charge is 0.338 e. The molecule has 0 saturated heterocycles. The summed E-state index contributed by atoms with van der Waals surface area (Å²) < 4.78 is 4.99. The van der Waals surface area contributed by atoms with Crippen LogP contribution in [0.4, 0.5) is 0 Å². The van der Waals surface area contributed by atoms with Crippen molar-refractivity contribution in [3.63, 3.8) is 0 Å². The zero-order chi connectivity index (χ0) is 11.5. The molecule has 0 aliphatic heterocycles. The Labute approximate surface area is 88.4 Å². The third-order valence-corrected chi connectivity index (χ3v) is 1.70. The van der Waals surface area contributed by atoms with Crippen LogP contribution in [0, 0.1) is 0 Å². The Morgan fingerprint density at radius 1 is 1.47 bits per heavy atom. The number of aromatic nitrogens is 2. The minimum absolute atomic E-state index is 0.0650. The van der Waals surface area contributed by atoms with E-state index in [2.05, 4.69) is 20.8 Å². The van der Waals surface area contributed by atoms with Crippen molar-refractivity contribution in [1.82, 2.24) is 20.8 Å². The van der Waals surface area contributed by atoms with Crippen molar-refractivity contribution in [3.05, 3.63) is 11.7 Å². The van der Waals surface area contributed by atoms with Crippen molar-refractivity contribution in [2.24, 2.45) is 0 Å². The number of carbonyl (C=O) groups is 1.